The van der Waals surface area contributed by atoms with Gasteiger partial charge in [0.2, 0.25) is 11.9 Å². The summed E-state index contributed by atoms with van der Waals surface area (Å²) in [5.41, 5.74) is 0. The van der Waals surface area contributed by atoms with Crippen molar-refractivity contribution in [2.45, 2.75) is 20.3 Å². The highest BCUT2D eigenvalue weighted by atomic mass is 15.4. The van der Waals surface area contributed by atoms with E-state index in [4.69, 9.17) is 0 Å². The Kier molecular flexibility index (Phi) is 3.68. The van der Waals surface area contributed by atoms with Crippen molar-refractivity contribution in [3.05, 3.63) is 12.7 Å². The van der Waals surface area contributed by atoms with Crippen molar-refractivity contribution in [2.75, 3.05) is 30.4 Å². The Morgan fingerprint density at radius 2 is 1.95 bits per heavy atom. The largest absolute Gasteiger partial charge is 0.357 e. The fourth-order valence-corrected chi connectivity index (χ4v) is 2.47. The molecule has 2 aromatic rings. The molecule has 0 saturated carbocycles. The molecule has 0 aromatic carbocycles. The van der Waals surface area contributed by atoms with Gasteiger partial charge in [-0.15, -0.1) is 0 Å². The Bertz CT molecular complexity index is 596. The minimum atomic E-state index is 0.480. The zero-order valence-corrected chi connectivity index (χ0v) is 12.6. The average molecular weight is 288 g/mol. The van der Waals surface area contributed by atoms with E-state index in [0.717, 1.165) is 25.4 Å². The van der Waals surface area contributed by atoms with Crippen molar-refractivity contribution in [1.82, 2.24) is 29.7 Å². The van der Waals surface area contributed by atoms with Crippen molar-refractivity contribution in [2.24, 2.45) is 11.8 Å². The lowest BCUT2D eigenvalue weighted by Gasteiger charge is -2.35. The maximum atomic E-state index is 4.53. The van der Waals surface area contributed by atoms with Crippen LogP contribution in [0.4, 0.5) is 11.9 Å². The summed E-state index contributed by atoms with van der Waals surface area (Å²) in [6, 6.07) is 0. The van der Waals surface area contributed by atoms with Gasteiger partial charge in [-0.1, -0.05) is 13.8 Å². The molecular formula is C13H20N8. The van der Waals surface area contributed by atoms with Crippen molar-refractivity contribution < 1.29 is 0 Å². The fourth-order valence-electron chi connectivity index (χ4n) is 2.47. The molecule has 0 aliphatic carbocycles. The van der Waals surface area contributed by atoms with Crippen LogP contribution in [0, 0.1) is 11.8 Å². The number of anilines is 2. The molecule has 8 nitrogen and oxygen atoms in total. The van der Waals surface area contributed by atoms with Gasteiger partial charge in [-0.05, 0) is 18.3 Å². The summed E-state index contributed by atoms with van der Waals surface area (Å²) in [5.74, 6) is 3.08. The minimum Gasteiger partial charge on any atom is -0.357 e. The molecule has 3 rings (SSSR count). The molecule has 0 radical (unpaired) electrons. The van der Waals surface area contributed by atoms with Crippen molar-refractivity contribution in [3.8, 4) is 5.95 Å². The topological polar surface area (TPSA) is 84.7 Å². The fraction of sp³-hybridized carbons (Fsp3) is 0.615. The summed E-state index contributed by atoms with van der Waals surface area (Å²) in [4.78, 5) is 19.5. The molecule has 1 aliphatic rings. The van der Waals surface area contributed by atoms with Crippen LogP contribution < -0.4 is 10.2 Å². The molecule has 21 heavy (non-hydrogen) atoms. The van der Waals surface area contributed by atoms with Gasteiger partial charge < -0.3 is 10.2 Å². The van der Waals surface area contributed by atoms with Gasteiger partial charge in [0.25, 0.3) is 5.95 Å². The average Bonchev–Trinajstić information content (AvgIpc) is 3.04. The molecule has 8 heteroatoms. The zero-order valence-electron chi connectivity index (χ0n) is 12.6. The third kappa shape index (κ3) is 2.79. The summed E-state index contributed by atoms with van der Waals surface area (Å²) in [6.07, 6.45) is 4.20. The maximum absolute atomic E-state index is 4.53. The predicted molar refractivity (Wildman–Crippen MR) is 79.4 cm³/mol. The summed E-state index contributed by atoms with van der Waals surface area (Å²) in [5, 5.41) is 7.06. The molecule has 0 bridgehead atoms. The SMILES string of the molecule is CNc1nc(N2CCC(C)C(C)C2)nc(-n2cncn2)n1. The van der Waals surface area contributed by atoms with Gasteiger partial charge in [-0.2, -0.15) is 24.7 Å². The van der Waals surface area contributed by atoms with Crippen molar-refractivity contribution >= 4 is 11.9 Å². The van der Waals surface area contributed by atoms with Crippen LogP contribution in [-0.4, -0.2) is 49.9 Å². The second-order valence-corrected chi connectivity index (χ2v) is 5.54. The molecule has 1 N–H and O–H groups in total. The first kappa shape index (κ1) is 13.7. The van der Waals surface area contributed by atoms with E-state index in [1.807, 2.05) is 0 Å². The number of nitrogens with zero attached hydrogens (tertiary/aromatic N) is 7. The van der Waals surface area contributed by atoms with E-state index in [0.29, 0.717) is 23.8 Å². The van der Waals surface area contributed by atoms with E-state index in [9.17, 15) is 0 Å². The number of hydrogen-bond donors (Lipinski definition) is 1. The Morgan fingerprint density at radius 3 is 2.62 bits per heavy atom. The predicted octanol–water partition coefficient (Wildman–Crippen LogP) is 0.976. The summed E-state index contributed by atoms with van der Waals surface area (Å²) in [6.45, 7) is 6.51. The normalized spacial score (nSPS) is 22.3. The van der Waals surface area contributed by atoms with Crippen LogP contribution in [-0.2, 0) is 0 Å². The summed E-state index contributed by atoms with van der Waals surface area (Å²) in [7, 11) is 1.80. The maximum Gasteiger partial charge on any atom is 0.258 e. The molecule has 2 unspecified atom stereocenters. The number of piperidine rings is 1. The van der Waals surface area contributed by atoms with Crippen LogP contribution >= 0.6 is 0 Å². The first-order valence-electron chi connectivity index (χ1n) is 7.21. The number of hydrogen-bond acceptors (Lipinski definition) is 7. The highest BCUT2D eigenvalue weighted by molar-refractivity contribution is 5.40. The standard InChI is InChI=1S/C13H20N8/c1-9-4-5-20(6-10(9)2)12-17-11(14-3)18-13(19-12)21-8-15-7-16-21/h7-10H,4-6H2,1-3H3,(H,14,17,18,19). The second-order valence-electron chi connectivity index (χ2n) is 5.54. The molecule has 2 atom stereocenters. The van der Waals surface area contributed by atoms with Gasteiger partial charge >= 0.3 is 0 Å². The Labute approximate surface area is 123 Å². The van der Waals surface area contributed by atoms with E-state index in [2.05, 4.69) is 49.1 Å². The van der Waals surface area contributed by atoms with Gasteiger partial charge in [0.1, 0.15) is 12.7 Å². The van der Waals surface area contributed by atoms with E-state index in [1.54, 1.807) is 18.1 Å². The molecule has 0 amide bonds. The van der Waals surface area contributed by atoms with E-state index >= 15 is 0 Å². The molecule has 1 aliphatic heterocycles. The second kappa shape index (κ2) is 5.63. The lowest BCUT2D eigenvalue weighted by atomic mass is 9.89. The van der Waals surface area contributed by atoms with Crippen LogP contribution in [0.15, 0.2) is 12.7 Å². The van der Waals surface area contributed by atoms with Gasteiger partial charge in [0, 0.05) is 20.1 Å². The van der Waals surface area contributed by atoms with Gasteiger partial charge in [0.15, 0.2) is 0 Å². The van der Waals surface area contributed by atoms with E-state index in [1.165, 1.54) is 6.33 Å². The minimum absolute atomic E-state index is 0.480. The highest BCUT2D eigenvalue weighted by Crippen LogP contribution is 2.25. The number of nitrogens with one attached hydrogen (secondary N) is 1. The van der Waals surface area contributed by atoms with Crippen LogP contribution in [0.5, 0.6) is 0 Å². The quantitative estimate of drug-likeness (QED) is 0.901. The van der Waals surface area contributed by atoms with Crippen LogP contribution in [0.25, 0.3) is 5.95 Å². The van der Waals surface area contributed by atoms with Crippen molar-refractivity contribution in [1.29, 1.82) is 0 Å². The van der Waals surface area contributed by atoms with E-state index in [-0.39, 0.29) is 0 Å². The lowest BCUT2D eigenvalue weighted by Crippen LogP contribution is -2.39. The monoisotopic (exact) mass is 288 g/mol. The Hall–Kier alpha value is -2.25. The van der Waals surface area contributed by atoms with Gasteiger partial charge in [-0.25, -0.2) is 4.98 Å². The zero-order chi connectivity index (χ0) is 14.8. The van der Waals surface area contributed by atoms with Gasteiger partial charge in [-0.3, -0.25) is 0 Å². The highest BCUT2D eigenvalue weighted by Gasteiger charge is 2.25. The summed E-state index contributed by atoms with van der Waals surface area (Å²) < 4.78 is 1.54. The third-order valence-corrected chi connectivity index (χ3v) is 4.08. The first-order chi connectivity index (χ1) is 10.2. The Morgan fingerprint density at radius 1 is 1.14 bits per heavy atom. The molecular weight excluding hydrogens is 268 g/mol. The summed E-state index contributed by atoms with van der Waals surface area (Å²) >= 11 is 0. The molecule has 2 aromatic heterocycles. The van der Waals surface area contributed by atoms with Gasteiger partial charge in [0.05, 0.1) is 0 Å². The Balaban J connectivity index is 1.93. The molecule has 1 saturated heterocycles. The van der Waals surface area contributed by atoms with Crippen LogP contribution in [0.3, 0.4) is 0 Å². The van der Waals surface area contributed by atoms with Crippen LogP contribution in [0.2, 0.25) is 0 Å². The molecule has 3 heterocycles. The number of rotatable bonds is 3. The lowest BCUT2D eigenvalue weighted by molar-refractivity contribution is 0.321. The first-order valence-corrected chi connectivity index (χ1v) is 7.21. The molecule has 0 spiro atoms. The van der Waals surface area contributed by atoms with Crippen LogP contribution in [0.1, 0.15) is 20.3 Å². The number of aromatic nitrogens is 6. The molecule has 1 fully saturated rings. The third-order valence-electron chi connectivity index (χ3n) is 4.08. The van der Waals surface area contributed by atoms with E-state index < -0.39 is 0 Å². The smallest absolute Gasteiger partial charge is 0.258 e. The van der Waals surface area contributed by atoms with Crippen molar-refractivity contribution in [3.63, 3.8) is 0 Å². The molecule has 112 valence electrons.